The van der Waals surface area contributed by atoms with E-state index in [-0.39, 0.29) is 0 Å². The number of nitrogens with one attached hydrogen (secondary N) is 1. The predicted molar refractivity (Wildman–Crippen MR) is 94.9 cm³/mol. The summed E-state index contributed by atoms with van der Waals surface area (Å²) in [6.07, 6.45) is 0. The number of hydrogen-bond donors (Lipinski definition) is 1. The summed E-state index contributed by atoms with van der Waals surface area (Å²) in [6.45, 7) is 4.63. The molecule has 1 aromatic heterocycles. The van der Waals surface area contributed by atoms with Crippen LogP contribution in [0.1, 0.15) is 28.5 Å². The van der Waals surface area contributed by atoms with E-state index in [0.29, 0.717) is 18.7 Å². The standard InChI is InChI=1S/C20H20N2O2/c1-3-22(13-15-9-5-4-6-10-15)20(24)19(23)18-14(2)21-17-12-8-7-11-16(17)18/h4-12,21H,3,13H2,1-2H3. The number of fused-ring (bicyclic) bond motifs is 1. The van der Waals surface area contributed by atoms with E-state index < -0.39 is 11.7 Å². The maximum Gasteiger partial charge on any atom is 0.295 e. The molecule has 24 heavy (non-hydrogen) atoms. The van der Waals surface area contributed by atoms with Gasteiger partial charge in [-0.15, -0.1) is 0 Å². The summed E-state index contributed by atoms with van der Waals surface area (Å²) in [5, 5.41) is 0.795. The van der Waals surface area contributed by atoms with Gasteiger partial charge in [-0.05, 0) is 25.5 Å². The van der Waals surface area contributed by atoms with E-state index in [0.717, 1.165) is 22.2 Å². The number of aromatic nitrogens is 1. The van der Waals surface area contributed by atoms with Crippen molar-refractivity contribution in [3.63, 3.8) is 0 Å². The van der Waals surface area contributed by atoms with Crippen molar-refractivity contribution in [3.8, 4) is 0 Å². The second-order valence-corrected chi connectivity index (χ2v) is 5.80. The van der Waals surface area contributed by atoms with E-state index in [1.807, 2.05) is 68.4 Å². The lowest BCUT2D eigenvalue weighted by Crippen LogP contribution is -2.36. The highest BCUT2D eigenvalue weighted by Gasteiger charge is 2.26. The van der Waals surface area contributed by atoms with Crippen molar-refractivity contribution in [2.75, 3.05) is 6.54 Å². The fraction of sp³-hybridized carbons (Fsp3) is 0.200. The number of nitrogens with zero attached hydrogens (tertiary/aromatic N) is 1. The molecule has 0 saturated heterocycles. The van der Waals surface area contributed by atoms with Crippen LogP contribution in [0.25, 0.3) is 10.9 Å². The Labute approximate surface area is 141 Å². The number of likely N-dealkylation sites (N-methyl/N-ethyl adjacent to an activating group) is 1. The fourth-order valence-corrected chi connectivity index (χ4v) is 2.95. The van der Waals surface area contributed by atoms with Gasteiger partial charge in [0.2, 0.25) is 0 Å². The van der Waals surface area contributed by atoms with Gasteiger partial charge >= 0.3 is 0 Å². The minimum absolute atomic E-state index is 0.434. The van der Waals surface area contributed by atoms with E-state index in [1.54, 1.807) is 4.90 Å². The number of para-hydroxylation sites is 1. The molecular weight excluding hydrogens is 300 g/mol. The first-order valence-electron chi connectivity index (χ1n) is 8.06. The van der Waals surface area contributed by atoms with Gasteiger partial charge in [-0.25, -0.2) is 0 Å². The number of ketones is 1. The van der Waals surface area contributed by atoms with Crippen LogP contribution in [-0.2, 0) is 11.3 Å². The molecule has 0 aliphatic rings. The Morgan fingerprint density at radius 1 is 1.00 bits per heavy atom. The maximum absolute atomic E-state index is 12.8. The third-order valence-electron chi connectivity index (χ3n) is 4.20. The van der Waals surface area contributed by atoms with Gasteiger partial charge in [0.25, 0.3) is 11.7 Å². The van der Waals surface area contributed by atoms with Gasteiger partial charge in [0.15, 0.2) is 0 Å². The number of amides is 1. The topological polar surface area (TPSA) is 53.2 Å². The van der Waals surface area contributed by atoms with Crippen molar-refractivity contribution in [1.82, 2.24) is 9.88 Å². The first-order valence-corrected chi connectivity index (χ1v) is 8.06. The third kappa shape index (κ3) is 2.95. The van der Waals surface area contributed by atoms with Gasteiger partial charge in [0, 0.05) is 29.7 Å². The molecule has 0 fully saturated rings. The van der Waals surface area contributed by atoms with Crippen LogP contribution in [-0.4, -0.2) is 28.1 Å². The molecule has 3 rings (SSSR count). The summed E-state index contributed by atoms with van der Waals surface area (Å²) >= 11 is 0. The summed E-state index contributed by atoms with van der Waals surface area (Å²) < 4.78 is 0. The Morgan fingerprint density at radius 2 is 1.67 bits per heavy atom. The molecule has 0 aliphatic heterocycles. The highest BCUT2D eigenvalue weighted by atomic mass is 16.2. The molecule has 0 unspecified atom stereocenters. The van der Waals surface area contributed by atoms with Crippen LogP contribution in [0.4, 0.5) is 0 Å². The Hall–Kier alpha value is -2.88. The monoisotopic (exact) mass is 320 g/mol. The smallest absolute Gasteiger partial charge is 0.295 e. The van der Waals surface area contributed by atoms with Crippen molar-refractivity contribution < 1.29 is 9.59 Å². The molecule has 0 spiro atoms. The minimum atomic E-state index is -0.464. The Bertz CT molecular complexity index is 881. The van der Waals surface area contributed by atoms with Gasteiger partial charge in [-0.2, -0.15) is 0 Å². The van der Waals surface area contributed by atoms with Crippen LogP contribution in [0.2, 0.25) is 0 Å². The maximum atomic E-state index is 12.8. The van der Waals surface area contributed by atoms with Crippen molar-refractivity contribution in [2.45, 2.75) is 20.4 Å². The normalized spacial score (nSPS) is 10.8. The molecular formula is C20H20N2O2. The zero-order chi connectivity index (χ0) is 17.1. The Morgan fingerprint density at radius 3 is 2.38 bits per heavy atom. The van der Waals surface area contributed by atoms with E-state index in [1.165, 1.54) is 0 Å². The summed E-state index contributed by atoms with van der Waals surface area (Å²) in [6, 6.07) is 17.3. The Balaban J connectivity index is 1.90. The first kappa shape index (κ1) is 16.0. The van der Waals surface area contributed by atoms with Crippen molar-refractivity contribution in [3.05, 3.63) is 71.4 Å². The lowest BCUT2D eigenvalue weighted by molar-refractivity contribution is -0.126. The lowest BCUT2D eigenvalue weighted by atomic mass is 10.1. The molecule has 0 aliphatic carbocycles. The molecule has 4 nitrogen and oxygen atoms in total. The molecule has 1 heterocycles. The second-order valence-electron chi connectivity index (χ2n) is 5.80. The number of H-pyrrole nitrogens is 1. The van der Waals surface area contributed by atoms with E-state index in [9.17, 15) is 9.59 Å². The summed E-state index contributed by atoms with van der Waals surface area (Å²) in [5.41, 5.74) is 3.08. The van der Waals surface area contributed by atoms with Crippen LogP contribution in [0.15, 0.2) is 54.6 Å². The van der Waals surface area contributed by atoms with Crippen molar-refractivity contribution in [1.29, 1.82) is 0 Å². The first-order chi connectivity index (χ1) is 11.6. The highest BCUT2D eigenvalue weighted by Crippen LogP contribution is 2.23. The summed E-state index contributed by atoms with van der Waals surface area (Å²) in [7, 11) is 0. The van der Waals surface area contributed by atoms with Crippen molar-refractivity contribution >= 4 is 22.6 Å². The van der Waals surface area contributed by atoms with Gasteiger partial charge in [0.1, 0.15) is 0 Å². The number of aryl methyl sites for hydroxylation is 1. The molecule has 0 bridgehead atoms. The van der Waals surface area contributed by atoms with Crippen molar-refractivity contribution in [2.24, 2.45) is 0 Å². The number of carbonyl (C=O) groups excluding carboxylic acids is 2. The van der Waals surface area contributed by atoms with Gasteiger partial charge in [-0.1, -0.05) is 48.5 Å². The van der Waals surface area contributed by atoms with Crippen LogP contribution >= 0.6 is 0 Å². The number of Topliss-reactive ketones (excluding diaryl/α,β-unsaturated/α-hetero) is 1. The third-order valence-corrected chi connectivity index (χ3v) is 4.20. The summed E-state index contributed by atoms with van der Waals surface area (Å²) in [5.74, 6) is -0.920. The molecule has 1 N–H and O–H groups in total. The van der Waals surface area contributed by atoms with Gasteiger partial charge in [0.05, 0.1) is 5.56 Å². The number of rotatable bonds is 5. The minimum Gasteiger partial charge on any atom is -0.358 e. The fourth-order valence-electron chi connectivity index (χ4n) is 2.95. The van der Waals surface area contributed by atoms with Crippen LogP contribution in [0, 0.1) is 6.92 Å². The quantitative estimate of drug-likeness (QED) is 0.575. The molecule has 3 aromatic rings. The molecule has 4 heteroatoms. The van der Waals surface area contributed by atoms with Gasteiger partial charge in [-0.3, -0.25) is 9.59 Å². The van der Waals surface area contributed by atoms with Crippen LogP contribution in [0.3, 0.4) is 0 Å². The van der Waals surface area contributed by atoms with Crippen LogP contribution < -0.4 is 0 Å². The molecule has 1 amide bonds. The average Bonchev–Trinajstić information content (AvgIpc) is 2.95. The summed E-state index contributed by atoms with van der Waals surface area (Å²) in [4.78, 5) is 30.3. The zero-order valence-electron chi connectivity index (χ0n) is 13.9. The number of aromatic amines is 1. The van der Waals surface area contributed by atoms with E-state index >= 15 is 0 Å². The molecule has 2 aromatic carbocycles. The molecule has 122 valence electrons. The number of benzene rings is 2. The van der Waals surface area contributed by atoms with E-state index in [2.05, 4.69) is 4.98 Å². The lowest BCUT2D eigenvalue weighted by Gasteiger charge is -2.20. The highest BCUT2D eigenvalue weighted by molar-refractivity contribution is 6.45. The number of hydrogen-bond acceptors (Lipinski definition) is 2. The molecule has 0 radical (unpaired) electrons. The zero-order valence-corrected chi connectivity index (χ0v) is 13.9. The molecule has 0 atom stereocenters. The average molecular weight is 320 g/mol. The second kappa shape index (κ2) is 6.71. The number of carbonyl (C=O) groups is 2. The SMILES string of the molecule is CCN(Cc1ccccc1)C(=O)C(=O)c1c(C)[nH]c2ccccc12. The van der Waals surface area contributed by atoms with E-state index in [4.69, 9.17) is 0 Å². The predicted octanol–water partition coefficient (Wildman–Crippen LogP) is 3.71. The Kier molecular flexibility index (Phi) is 4.47. The van der Waals surface area contributed by atoms with Gasteiger partial charge < -0.3 is 9.88 Å². The molecule has 0 saturated carbocycles. The van der Waals surface area contributed by atoms with Crippen LogP contribution in [0.5, 0.6) is 0 Å². The largest absolute Gasteiger partial charge is 0.358 e.